The van der Waals surface area contributed by atoms with Crippen LogP contribution in [0.5, 0.6) is 0 Å². The summed E-state index contributed by atoms with van der Waals surface area (Å²) < 4.78 is 12.8. The Hall–Kier alpha value is -7.63. The summed E-state index contributed by atoms with van der Waals surface area (Å²) in [6, 6.07) is 61.0. The van der Waals surface area contributed by atoms with Gasteiger partial charge in [-0.3, -0.25) is 0 Å². The molecule has 0 radical (unpaired) electrons. The lowest BCUT2D eigenvalue weighted by molar-refractivity contribution is 0.669. The Kier molecular flexibility index (Phi) is 6.56. The molecule has 0 N–H and O–H groups in total. The Balaban J connectivity index is 1.09. The Labute approximate surface area is 320 Å². The molecule has 56 heavy (non-hydrogen) atoms. The summed E-state index contributed by atoms with van der Waals surface area (Å²) in [7, 11) is 0. The average molecular weight is 716 g/mol. The summed E-state index contributed by atoms with van der Waals surface area (Å²) in [5.74, 6) is 1.80. The fourth-order valence-electron chi connectivity index (χ4n) is 8.57. The van der Waals surface area contributed by atoms with Gasteiger partial charge in [-0.05, 0) is 79.8 Å². The third-order valence-corrected chi connectivity index (χ3v) is 11.1. The van der Waals surface area contributed by atoms with Crippen molar-refractivity contribution in [3.05, 3.63) is 176 Å². The SMILES string of the molecule is c1ccc(-c2nc(-c3ccc(-c4cccc5oc6cc7ccc8ccccc8c7cc6c45)c4ccccc34)nc(-c3cccc4oc5ccccc5c34)n2)cc1. The Morgan fingerprint density at radius 2 is 0.857 bits per heavy atom. The normalized spacial score (nSPS) is 11.9. The number of rotatable bonds is 4. The molecular formula is C51H29N3O2. The molecule has 12 rings (SSSR count). The molecule has 9 aromatic carbocycles. The van der Waals surface area contributed by atoms with E-state index in [4.69, 9.17) is 23.8 Å². The van der Waals surface area contributed by atoms with Gasteiger partial charge in [0.15, 0.2) is 17.5 Å². The molecular weight excluding hydrogens is 687 g/mol. The first-order valence-corrected chi connectivity index (χ1v) is 18.8. The first kappa shape index (κ1) is 30.8. The van der Waals surface area contributed by atoms with Crippen LogP contribution in [0.1, 0.15) is 0 Å². The van der Waals surface area contributed by atoms with Crippen LogP contribution in [0.25, 0.3) is 121 Å². The zero-order valence-electron chi connectivity index (χ0n) is 29.9. The Bertz CT molecular complexity index is 3550. The van der Waals surface area contributed by atoms with Crippen molar-refractivity contribution in [1.29, 1.82) is 0 Å². The predicted molar refractivity (Wildman–Crippen MR) is 229 cm³/mol. The van der Waals surface area contributed by atoms with E-state index in [9.17, 15) is 0 Å². The van der Waals surface area contributed by atoms with Gasteiger partial charge >= 0.3 is 0 Å². The lowest BCUT2D eigenvalue weighted by Gasteiger charge is -2.14. The Morgan fingerprint density at radius 3 is 1.68 bits per heavy atom. The summed E-state index contributed by atoms with van der Waals surface area (Å²) in [5, 5.41) is 11.2. The van der Waals surface area contributed by atoms with Crippen molar-refractivity contribution in [1.82, 2.24) is 15.0 Å². The molecule has 0 aliphatic carbocycles. The van der Waals surface area contributed by atoms with E-state index < -0.39 is 0 Å². The van der Waals surface area contributed by atoms with Crippen LogP contribution in [0.2, 0.25) is 0 Å². The van der Waals surface area contributed by atoms with Crippen molar-refractivity contribution in [2.45, 2.75) is 0 Å². The highest BCUT2D eigenvalue weighted by Gasteiger charge is 2.21. The molecule has 0 aliphatic rings. The lowest BCUT2D eigenvalue weighted by Crippen LogP contribution is -2.01. The number of hydrogen-bond donors (Lipinski definition) is 0. The number of hydrogen-bond acceptors (Lipinski definition) is 5. The summed E-state index contributed by atoms with van der Waals surface area (Å²) in [6.07, 6.45) is 0. The molecule has 260 valence electrons. The molecule has 0 amide bonds. The van der Waals surface area contributed by atoms with E-state index in [0.717, 1.165) is 87.9 Å². The minimum Gasteiger partial charge on any atom is -0.456 e. The van der Waals surface area contributed by atoms with Crippen LogP contribution in [-0.4, -0.2) is 15.0 Å². The van der Waals surface area contributed by atoms with E-state index in [1.807, 2.05) is 60.7 Å². The van der Waals surface area contributed by atoms with Crippen molar-refractivity contribution in [2.24, 2.45) is 0 Å². The second kappa shape index (κ2) is 11.9. The van der Waals surface area contributed by atoms with Gasteiger partial charge in [-0.25, -0.2) is 15.0 Å². The van der Waals surface area contributed by atoms with E-state index in [0.29, 0.717) is 17.5 Å². The number of furan rings is 2. The zero-order chi connectivity index (χ0) is 36.7. The first-order chi connectivity index (χ1) is 27.7. The first-order valence-electron chi connectivity index (χ1n) is 18.8. The van der Waals surface area contributed by atoms with Gasteiger partial charge in [-0.2, -0.15) is 0 Å². The molecule has 5 heteroatoms. The highest BCUT2D eigenvalue weighted by Crippen LogP contribution is 2.43. The maximum absolute atomic E-state index is 6.57. The molecule has 0 spiro atoms. The molecule has 0 saturated carbocycles. The van der Waals surface area contributed by atoms with Crippen LogP contribution in [-0.2, 0) is 0 Å². The second-order valence-corrected chi connectivity index (χ2v) is 14.3. The van der Waals surface area contributed by atoms with Crippen molar-refractivity contribution in [3.63, 3.8) is 0 Å². The van der Waals surface area contributed by atoms with Gasteiger partial charge < -0.3 is 8.83 Å². The predicted octanol–water partition coefficient (Wildman–Crippen LogP) is 13.8. The Morgan fingerprint density at radius 1 is 0.286 bits per heavy atom. The highest BCUT2D eigenvalue weighted by molar-refractivity contribution is 6.21. The fraction of sp³-hybridized carbons (Fsp3) is 0. The van der Waals surface area contributed by atoms with Gasteiger partial charge in [0.25, 0.3) is 0 Å². The summed E-state index contributed by atoms with van der Waals surface area (Å²) in [4.78, 5) is 15.5. The summed E-state index contributed by atoms with van der Waals surface area (Å²) in [5.41, 5.74) is 8.33. The zero-order valence-corrected chi connectivity index (χ0v) is 29.9. The van der Waals surface area contributed by atoms with E-state index in [-0.39, 0.29) is 0 Å². The van der Waals surface area contributed by atoms with Gasteiger partial charge in [0, 0.05) is 38.2 Å². The van der Waals surface area contributed by atoms with Crippen LogP contribution in [0.3, 0.4) is 0 Å². The summed E-state index contributed by atoms with van der Waals surface area (Å²) >= 11 is 0. The van der Waals surface area contributed by atoms with Crippen molar-refractivity contribution >= 4 is 76.2 Å². The molecule has 3 aromatic heterocycles. The lowest BCUT2D eigenvalue weighted by atomic mass is 9.91. The third kappa shape index (κ3) is 4.64. The number of para-hydroxylation sites is 1. The molecule has 5 nitrogen and oxygen atoms in total. The molecule has 0 unspecified atom stereocenters. The smallest absolute Gasteiger partial charge is 0.164 e. The largest absolute Gasteiger partial charge is 0.456 e. The molecule has 0 saturated heterocycles. The standard InChI is InChI=1S/C51H29N3O2/c1-2-13-31(14-3-1)49-52-50(54-51(53-49)40-20-11-23-45-48(40)39-18-8-9-21-43(39)55-45)38-27-26-36(34-16-6-7-17-35(34)38)37-19-10-22-44-47(37)42-29-41-32(28-46(42)56-44)25-24-30-12-4-5-15-33(30)41/h1-29H. The number of aromatic nitrogens is 3. The van der Waals surface area contributed by atoms with Gasteiger partial charge in [0.05, 0.1) is 0 Å². The number of benzene rings is 9. The van der Waals surface area contributed by atoms with Gasteiger partial charge in [0.1, 0.15) is 22.3 Å². The number of nitrogens with zero attached hydrogens (tertiary/aromatic N) is 3. The van der Waals surface area contributed by atoms with Crippen LogP contribution < -0.4 is 0 Å². The van der Waals surface area contributed by atoms with Crippen LogP contribution in [0.15, 0.2) is 185 Å². The molecule has 0 fully saturated rings. The monoisotopic (exact) mass is 715 g/mol. The van der Waals surface area contributed by atoms with E-state index in [1.165, 1.54) is 16.2 Å². The van der Waals surface area contributed by atoms with Crippen molar-refractivity contribution < 1.29 is 8.83 Å². The van der Waals surface area contributed by atoms with Crippen LogP contribution in [0.4, 0.5) is 0 Å². The van der Waals surface area contributed by atoms with E-state index >= 15 is 0 Å². The van der Waals surface area contributed by atoms with E-state index in [1.54, 1.807) is 0 Å². The van der Waals surface area contributed by atoms with E-state index in [2.05, 4.69) is 115 Å². The maximum Gasteiger partial charge on any atom is 0.164 e. The van der Waals surface area contributed by atoms with Gasteiger partial charge in [-0.15, -0.1) is 0 Å². The molecule has 0 atom stereocenters. The quantitative estimate of drug-likeness (QED) is 0.170. The molecule has 0 aliphatic heterocycles. The van der Waals surface area contributed by atoms with Gasteiger partial charge in [0.2, 0.25) is 0 Å². The molecule has 12 aromatic rings. The maximum atomic E-state index is 6.57. The van der Waals surface area contributed by atoms with Crippen LogP contribution >= 0.6 is 0 Å². The minimum atomic E-state index is 0.591. The van der Waals surface area contributed by atoms with Crippen molar-refractivity contribution in [2.75, 3.05) is 0 Å². The average Bonchev–Trinajstić information content (AvgIpc) is 3.83. The van der Waals surface area contributed by atoms with Crippen molar-refractivity contribution in [3.8, 4) is 45.3 Å². The second-order valence-electron chi connectivity index (χ2n) is 14.3. The van der Waals surface area contributed by atoms with Crippen LogP contribution in [0, 0.1) is 0 Å². The summed E-state index contributed by atoms with van der Waals surface area (Å²) in [6.45, 7) is 0. The molecule has 0 bridgehead atoms. The third-order valence-electron chi connectivity index (χ3n) is 11.1. The topological polar surface area (TPSA) is 65.0 Å². The van der Waals surface area contributed by atoms with Gasteiger partial charge in [-0.1, -0.05) is 140 Å². The minimum absolute atomic E-state index is 0.591. The fourth-order valence-corrected chi connectivity index (χ4v) is 8.57. The molecule has 3 heterocycles. The number of fused-ring (bicyclic) bond motifs is 10. The highest BCUT2D eigenvalue weighted by atomic mass is 16.3.